The van der Waals surface area contributed by atoms with Gasteiger partial charge in [0.1, 0.15) is 4.90 Å². The van der Waals surface area contributed by atoms with Crippen LogP contribution in [0, 0.1) is 0 Å². The van der Waals surface area contributed by atoms with Gasteiger partial charge in [0.25, 0.3) is 0 Å². The van der Waals surface area contributed by atoms with E-state index in [9.17, 15) is 28.2 Å². The lowest BCUT2D eigenvalue weighted by molar-refractivity contribution is -0.179. The summed E-state index contributed by atoms with van der Waals surface area (Å²) in [5.74, 6) is -5.44. The molecule has 0 bridgehead atoms. The van der Waals surface area contributed by atoms with E-state index in [0.29, 0.717) is 5.06 Å². The zero-order chi connectivity index (χ0) is 20.0. The number of halogens is 7. The Morgan fingerprint density at radius 3 is 1.80 bits per heavy atom. The Bertz CT molecular complexity index is 666. The summed E-state index contributed by atoms with van der Waals surface area (Å²) in [5.41, 5.74) is -2.04. The molecule has 25 heavy (non-hydrogen) atoms. The zero-order valence-corrected chi connectivity index (χ0v) is 14.4. The van der Waals surface area contributed by atoms with Crippen LogP contribution in [0.4, 0.5) is 28.2 Å². The first kappa shape index (κ1) is 21.4. The van der Waals surface area contributed by atoms with E-state index in [1.165, 1.54) is 20.8 Å². The van der Waals surface area contributed by atoms with E-state index in [4.69, 9.17) is 10.0 Å². The van der Waals surface area contributed by atoms with Crippen LogP contribution in [0.15, 0.2) is 34.3 Å². The standard InChI is InChI=1S/C13H17F7N2O2S/c1-12(2,3)24-22(4)11(21-23)13(14,15)9-5-7-10(8-6-9)25(16,17,18,19)20/h5-8,23H,1-4H3/b21-11-. The number of rotatable bonds is 4. The van der Waals surface area contributed by atoms with Gasteiger partial charge in [-0.3, -0.25) is 4.84 Å². The summed E-state index contributed by atoms with van der Waals surface area (Å²) in [4.78, 5) is 2.77. The van der Waals surface area contributed by atoms with E-state index in [1.54, 1.807) is 0 Å². The molecule has 0 aliphatic carbocycles. The van der Waals surface area contributed by atoms with Crippen LogP contribution in [0.3, 0.4) is 0 Å². The molecule has 0 saturated carbocycles. The van der Waals surface area contributed by atoms with E-state index in [1.807, 2.05) is 0 Å². The fourth-order valence-corrected chi connectivity index (χ4v) is 2.48. The van der Waals surface area contributed by atoms with Gasteiger partial charge in [0, 0.05) is 12.6 Å². The third kappa shape index (κ3) is 5.39. The van der Waals surface area contributed by atoms with E-state index in [0.717, 1.165) is 7.05 Å². The highest BCUT2D eigenvalue weighted by atomic mass is 32.5. The maximum atomic E-state index is 14.4. The summed E-state index contributed by atoms with van der Waals surface area (Å²) >= 11 is 0. The van der Waals surface area contributed by atoms with Gasteiger partial charge in [0.15, 0.2) is 0 Å². The molecule has 0 aliphatic rings. The van der Waals surface area contributed by atoms with Crippen molar-refractivity contribution in [2.45, 2.75) is 37.2 Å². The average Bonchev–Trinajstić information content (AvgIpc) is 2.34. The van der Waals surface area contributed by atoms with Gasteiger partial charge in [-0.15, -0.1) is 0 Å². The molecule has 0 unspecified atom stereocenters. The van der Waals surface area contributed by atoms with Gasteiger partial charge < -0.3 is 5.21 Å². The second-order valence-corrected chi connectivity index (χ2v) is 8.60. The maximum absolute atomic E-state index is 14.4. The second kappa shape index (κ2) is 5.40. The molecule has 0 saturated heterocycles. The molecule has 1 N–H and O–H groups in total. The van der Waals surface area contributed by atoms with Crippen molar-refractivity contribution in [2.75, 3.05) is 7.05 Å². The molecule has 0 atom stereocenters. The number of hydrogen-bond donors (Lipinski definition) is 1. The predicted molar refractivity (Wildman–Crippen MR) is 79.6 cm³/mol. The molecule has 0 amide bonds. The zero-order valence-electron chi connectivity index (χ0n) is 13.6. The minimum Gasteiger partial charge on any atom is -0.409 e. The fourth-order valence-electron chi connectivity index (χ4n) is 1.83. The van der Waals surface area contributed by atoms with Gasteiger partial charge in [-0.2, -0.15) is 8.78 Å². The largest absolute Gasteiger partial charge is 0.409 e. The molecule has 1 rings (SSSR count). The van der Waals surface area contributed by atoms with Gasteiger partial charge in [0.2, 0.25) is 5.84 Å². The predicted octanol–water partition coefficient (Wildman–Crippen LogP) is 5.89. The summed E-state index contributed by atoms with van der Waals surface area (Å²) in [7, 11) is -8.98. The first-order valence-electron chi connectivity index (χ1n) is 6.66. The number of hydrogen-bond acceptors (Lipinski definition) is 3. The molecule has 1 aromatic rings. The molecule has 0 radical (unpaired) electrons. The number of hydroxylamine groups is 2. The second-order valence-electron chi connectivity index (χ2n) is 6.19. The van der Waals surface area contributed by atoms with Crippen molar-refractivity contribution in [2.24, 2.45) is 5.16 Å². The van der Waals surface area contributed by atoms with Crippen molar-refractivity contribution in [1.29, 1.82) is 0 Å². The van der Waals surface area contributed by atoms with Gasteiger partial charge >= 0.3 is 16.1 Å². The third-order valence-corrected chi connectivity index (χ3v) is 3.91. The molecule has 4 nitrogen and oxygen atoms in total. The maximum Gasteiger partial charge on any atom is 0.335 e. The molecular weight excluding hydrogens is 381 g/mol. The minimum atomic E-state index is -9.97. The molecular formula is C13H17F7N2O2S. The first-order valence-corrected chi connectivity index (χ1v) is 8.61. The SMILES string of the molecule is CN(OC(C)(C)C)/C(=N\O)C(F)(F)c1ccc(S(F)(F)(F)(F)F)cc1. The van der Waals surface area contributed by atoms with Gasteiger partial charge in [-0.05, 0) is 32.9 Å². The van der Waals surface area contributed by atoms with Crippen LogP contribution in [0.5, 0.6) is 0 Å². The summed E-state index contributed by atoms with van der Waals surface area (Å²) < 4.78 is 92.0. The molecule has 146 valence electrons. The van der Waals surface area contributed by atoms with Crippen LogP contribution in [0.1, 0.15) is 26.3 Å². The van der Waals surface area contributed by atoms with Crippen molar-refractivity contribution < 1.29 is 38.3 Å². The molecule has 0 spiro atoms. The van der Waals surface area contributed by atoms with Crippen molar-refractivity contribution in [3.05, 3.63) is 29.8 Å². The molecule has 12 heteroatoms. The number of amidine groups is 1. The smallest absolute Gasteiger partial charge is 0.335 e. The average molecular weight is 398 g/mol. The normalized spacial score (nSPS) is 17.0. The number of nitrogens with zero attached hydrogens (tertiary/aromatic N) is 2. The van der Waals surface area contributed by atoms with E-state index >= 15 is 0 Å². The summed E-state index contributed by atoms with van der Waals surface area (Å²) in [5, 5.41) is 11.7. The molecule has 0 fully saturated rings. The van der Waals surface area contributed by atoms with Crippen LogP contribution in [-0.4, -0.2) is 28.8 Å². The van der Waals surface area contributed by atoms with Gasteiger partial charge in [-0.1, -0.05) is 36.7 Å². The summed E-state index contributed by atoms with van der Waals surface area (Å²) in [6.45, 7) is 4.54. The minimum absolute atomic E-state index is 0.148. The Labute approximate surface area is 139 Å². The Morgan fingerprint density at radius 1 is 1.04 bits per heavy atom. The Hall–Kier alpha value is -1.69. The van der Waals surface area contributed by atoms with Crippen molar-refractivity contribution in [3.8, 4) is 0 Å². The van der Waals surface area contributed by atoms with E-state index in [-0.39, 0.29) is 24.3 Å². The third-order valence-electron chi connectivity index (χ3n) is 2.75. The highest BCUT2D eigenvalue weighted by molar-refractivity contribution is 8.45. The molecule has 0 aliphatic heterocycles. The van der Waals surface area contributed by atoms with Crippen LogP contribution in [0.2, 0.25) is 0 Å². The summed E-state index contributed by atoms with van der Waals surface area (Å²) in [6, 6.07) is 0.0709. The van der Waals surface area contributed by atoms with E-state index in [2.05, 4.69) is 5.16 Å². The quantitative estimate of drug-likeness (QED) is 0.226. The lowest BCUT2D eigenvalue weighted by atomic mass is 10.1. The van der Waals surface area contributed by atoms with Crippen LogP contribution < -0.4 is 0 Å². The van der Waals surface area contributed by atoms with Crippen LogP contribution in [-0.2, 0) is 10.8 Å². The summed E-state index contributed by atoms with van der Waals surface area (Å²) in [6.07, 6.45) is 0. The van der Waals surface area contributed by atoms with Crippen molar-refractivity contribution >= 4 is 16.1 Å². The van der Waals surface area contributed by atoms with Crippen molar-refractivity contribution in [1.82, 2.24) is 5.06 Å². The number of benzene rings is 1. The highest BCUT2D eigenvalue weighted by Crippen LogP contribution is 3.02. The monoisotopic (exact) mass is 398 g/mol. The van der Waals surface area contributed by atoms with Crippen LogP contribution >= 0.6 is 10.2 Å². The first-order chi connectivity index (χ1) is 10.8. The van der Waals surface area contributed by atoms with Crippen molar-refractivity contribution in [3.63, 3.8) is 0 Å². The number of oxime groups is 1. The van der Waals surface area contributed by atoms with E-state index < -0.39 is 38.0 Å². The number of alkyl halides is 2. The topological polar surface area (TPSA) is 45.1 Å². The highest BCUT2D eigenvalue weighted by Gasteiger charge is 2.65. The lowest BCUT2D eigenvalue weighted by Crippen LogP contribution is -2.43. The van der Waals surface area contributed by atoms with Crippen LogP contribution in [0.25, 0.3) is 0 Å². The number of likely N-dealkylation sites (N-methyl/N-ethyl adjacent to an activating group) is 1. The molecule has 0 aromatic heterocycles. The Balaban J connectivity index is 3.26. The van der Waals surface area contributed by atoms with Gasteiger partial charge in [0.05, 0.1) is 5.60 Å². The Morgan fingerprint density at radius 2 is 1.48 bits per heavy atom. The van der Waals surface area contributed by atoms with Gasteiger partial charge in [-0.25, -0.2) is 5.06 Å². The Kier molecular flexibility index (Phi) is 4.61. The lowest BCUT2D eigenvalue weighted by Gasteiger charge is -2.40. The molecule has 1 aromatic carbocycles. The molecule has 0 heterocycles. The fraction of sp³-hybridized carbons (Fsp3) is 0.462.